The SMILES string of the molecule is O=C(NCc1ccccc1CN1CCCCC1)[C@H]1CCCN(S(=O)(=O)Cc2cccc(Cl)c2)C1. The molecule has 2 aliphatic heterocycles. The third kappa shape index (κ3) is 6.81. The van der Waals surface area contributed by atoms with Gasteiger partial charge in [-0.15, -0.1) is 0 Å². The van der Waals surface area contributed by atoms with E-state index < -0.39 is 10.0 Å². The van der Waals surface area contributed by atoms with Crippen molar-refractivity contribution in [3.8, 4) is 0 Å². The highest BCUT2D eigenvalue weighted by molar-refractivity contribution is 7.88. The smallest absolute Gasteiger partial charge is 0.224 e. The Morgan fingerprint density at radius 1 is 0.971 bits per heavy atom. The number of carbonyl (C=O) groups excluding carboxylic acids is 1. The summed E-state index contributed by atoms with van der Waals surface area (Å²) in [6.45, 7) is 4.31. The number of nitrogens with zero attached hydrogens (tertiary/aromatic N) is 2. The lowest BCUT2D eigenvalue weighted by Crippen LogP contribution is -2.45. The van der Waals surface area contributed by atoms with Crippen LogP contribution in [0.15, 0.2) is 48.5 Å². The van der Waals surface area contributed by atoms with E-state index in [4.69, 9.17) is 11.6 Å². The summed E-state index contributed by atoms with van der Waals surface area (Å²) >= 11 is 6.01. The number of benzene rings is 2. The normalized spacial score (nSPS) is 20.2. The summed E-state index contributed by atoms with van der Waals surface area (Å²) in [5.74, 6) is -0.515. The van der Waals surface area contributed by atoms with E-state index in [0.717, 1.165) is 25.2 Å². The molecule has 0 bridgehead atoms. The number of carbonyl (C=O) groups is 1. The molecule has 2 aromatic rings. The molecule has 34 heavy (non-hydrogen) atoms. The van der Waals surface area contributed by atoms with Gasteiger partial charge in [0.2, 0.25) is 15.9 Å². The zero-order chi connectivity index (χ0) is 24.0. The van der Waals surface area contributed by atoms with Gasteiger partial charge in [-0.05, 0) is 67.6 Å². The van der Waals surface area contributed by atoms with Gasteiger partial charge >= 0.3 is 0 Å². The van der Waals surface area contributed by atoms with E-state index in [2.05, 4.69) is 22.3 Å². The van der Waals surface area contributed by atoms with Crippen molar-refractivity contribution >= 4 is 27.5 Å². The van der Waals surface area contributed by atoms with Crippen molar-refractivity contribution < 1.29 is 13.2 Å². The van der Waals surface area contributed by atoms with Crippen LogP contribution in [-0.2, 0) is 33.7 Å². The number of hydrogen-bond acceptors (Lipinski definition) is 4. The topological polar surface area (TPSA) is 69.7 Å². The van der Waals surface area contributed by atoms with E-state index in [1.54, 1.807) is 24.3 Å². The van der Waals surface area contributed by atoms with Crippen molar-refractivity contribution in [1.29, 1.82) is 0 Å². The van der Waals surface area contributed by atoms with Gasteiger partial charge in [-0.3, -0.25) is 9.69 Å². The van der Waals surface area contributed by atoms with Crippen LogP contribution in [0.4, 0.5) is 0 Å². The maximum Gasteiger partial charge on any atom is 0.224 e. The second kappa shape index (κ2) is 11.7. The Bertz CT molecular complexity index is 1090. The molecule has 0 aliphatic carbocycles. The van der Waals surface area contributed by atoms with Crippen LogP contribution in [0.25, 0.3) is 0 Å². The second-order valence-electron chi connectivity index (χ2n) is 9.41. The largest absolute Gasteiger partial charge is 0.352 e. The number of nitrogens with one attached hydrogen (secondary N) is 1. The molecule has 0 spiro atoms. The van der Waals surface area contributed by atoms with Gasteiger partial charge in [0, 0.05) is 31.2 Å². The molecule has 2 heterocycles. The van der Waals surface area contributed by atoms with Gasteiger partial charge in [0.25, 0.3) is 0 Å². The minimum atomic E-state index is -3.52. The molecule has 1 atom stereocenters. The van der Waals surface area contributed by atoms with Crippen LogP contribution < -0.4 is 5.32 Å². The third-order valence-corrected chi connectivity index (χ3v) is 8.85. The van der Waals surface area contributed by atoms with E-state index in [1.165, 1.54) is 29.1 Å². The summed E-state index contributed by atoms with van der Waals surface area (Å²) in [6.07, 6.45) is 5.18. The lowest BCUT2D eigenvalue weighted by atomic mass is 9.98. The molecule has 0 aromatic heterocycles. The summed E-state index contributed by atoms with van der Waals surface area (Å²) < 4.78 is 27.5. The zero-order valence-corrected chi connectivity index (χ0v) is 21.2. The summed E-state index contributed by atoms with van der Waals surface area (Å²) in [5, 5.41) is 3.60. The van der Waals surface area contributed by atoms with Crippen molar-refractivity contribution in [1.82, 2.24) is 14.5 Å². The molecule has 2 aromatic carbocycles. The number of sulfonamides is 1. The molecular formula is C26H34ClN3O3S. The Hall–Kier alpha value is -1.93. The van der Waals surface area contributed by atoms with Crippen LogP contribution in [0.2, 0.25) is 5.02 Å². The van der Waals surface area contributed by atoms with Crippen LogP contribution in [0.1, 0.15) is 48.8 Å². The number of likely N-dealkylation sites (tertiary alicyclic amines) is 1. The fraction of sp³-hybridized carbons (Fsp3) is 0.500. The number of hydrogen-bond donors (Lipinski definition) is 1. The molecule has 0 unspecified atom stereocenters. The highest BCUT2D eigenvalue weighted by Crippen LogP contribution is 2.23. The first-order valence-electron chi connectivity index (χ1n) is 12.2. The van der Waals surface area contributed by atoms with Crippen LogP contribution in [0.5, 0.6) is 0 Å². The van der Waals surface area contributed by atoms with Crippen LogP contribution in [0, 0.1) is 5.92 Å². The fourth-order valence-corrected chi connectivity index (χ4v) is 6.72. The quantitative estimate of drug-likeness (QED) is 0.586. The number of amides is 1. The molecule has 2 saturated heterocycles. The van der Waals surface area contributed by atoms with Gasteiger partial charge in [0.05, 0.1) is 11.7 Å². The molecule has 184 valence electrons. The summed E-state index contributed by atoms with van der Waals surface area (Å²) in [4.78, 5) is 15.5. The first-order valence-corrected chi connectivity index (χ1v) is 14.2. The molecule has 1 N–H and O–H groups in total. The van der Waals surface area contributed by atoms with Gasteiger partial charge in [-0.2, -0.15) is 0 Å². The molecule has 2 fully saturated rings. The molecule has 2 aliphatic rings. The first kappa shape index (κ1) is 25.2. The molecule has 0 radical (unpaired) electrons. The Morgan fingerprint density at radius 3 is 2.50 bits per heavy atom. The highest BCUT2D eigenvalue weighted by Gasteiger charge is 2.32. The number of halogens is 1. The fourth-order valence-electron chi connectivity index (χ4n) is 4.91. The number of piperidine rings is 2. The Morgan fingerprint density at radius 2 is 1.74 bits per heavy atom. The van der Waals surface area contributed by atoms with Crippen molar-refractivity contribution in [2.75, 3.05) is 26.2 Å². The van der Waals surface area contributed by atoms with E-state index in [1.807, 2.05) is 12.1 Å². The molecule has 8 heteroatoms. The lowest BCUT2D eigenvalue weighted by molar-refractivity contribution is -0.126. The monoisotopic (exact) mass is 503 g/mol. The predicted molar refractivity (Wildman–Crippen MR) is 136 cm³/mol. The van der Waals surface area contributed by atoms with Crippen molar-refractivity contribution in [2.45, 2.75) is 50.9 Å². The second-order valence-corrected chi connectivity index (χ2v) is 11.8. The predicted octanol–water partition coefficient (Wildman–Crippen LogP) is 4.18. The average Bonchev–Trinajstić information content (AvgIpc) is 2.84. The van der Waals surface area contributed by atoms with Gasteiger partial charge in [-0.25, -0.2) is 12.7 Å². The van der Waals surface area contributed by atoms with E-state index >= 15 is 0 Å². The molecule has 6 nitrogen and oxygen atoms in total. The third-order valence-electron chi connectivity index (χ3n) is 6.80. The van der Waals surface area contributed by atoms with Gasteiger partial charge < -0.3 is 5.32 Å². The molecule has 1 amide bonds. The molecule has 4 rings (SSSR count). The Kier molecular flexibility index (Phi) is 8.64. The maximum atomic E-state index is 13.0. The van der Waals surface area contributed by atoms with Gasteiger partial charge in [0.15, 0.2) is 0 Å². The van der Waals surface area contributed by atoms with Crippen molar-refractivity contribution in [2.24, 2.45) is 5.92 Å². The van der Waals surface area contributed by atoms with E-state index in [0.29, 0.717) is 36.5 Å². The minimum absolute atomic E-state index is 0.0737. The van der Waals surface area contributed by atoms with Crippen molar-refractivity contribution in [3.05, 3.63) is 70.2 Å². The summed E-state index contributed by atoms with van der Waals surface area (Å²) in [7, 11) is -3.52. The molecule has 0 saturated carbocycles. The Labute approximate surface area is 208 Å². The summed E-state index contributed by atoms with van der Waals surface area (Å²) in [5.41, 5.74) is 3.03. The van der Waals surface area contributed by atoms with Gasteiger partial charge in [0.1, 0.15) is 0 Å². The van der Waals surface area contributed by atoms with E-state index in [-0.39, 0.29) is 24.1 Å². The maximum absolute atomic E-state index is 13.0. The minimum Gasteiger partial charge on any atom is -0.352 e. The average molecular weight is 504 g/mol. The number of rotatable bonds is 8. The zero-order valence-electron chi connectivity index (χ0n) is 19.6. The van der Waals surface area contributed by atoms with Crippen LogP contribution in [-0.4, -0.2) is 49.7 Å². The summed E-state index contributed by atoms with van der Waals surface area (Å²) in [6, 6.07) is 15.2. The standard InChI is InChI=1S/C26H34ClN3O3S/c27-25-12-6-8-21(16-25)20-34(32,33)30-15-7-11-24(19-30)26(31)28-17-22-9-2-3-10-23(22)18-29-13-4-1-5-14-29/h2-3,6,8-10,12,16,24H,1,4-5,7,11,13-15,17-20H2,(H,28,31)/t24-/m0/s1. The van der Waals surface area contributed by atoms with Crippen LogP contribution in [0.3, 0.4) is 0 Å². The Balaban J connectivity index is 1.34. The van der Waals surface area contributed by atoms with Crippen LogP contribution >= 0.6 is 11.6 Å². The first-order chi connectivity index (χ1) is 16.4. The molecular weight excluding hydrogens is 470 g/mol. The highest BCUT2D eigenvalue weighted by atomic mass is 35.5. The van der Waals surface area contributed by atoms with Crippen molar-refractivity contribution in [3.63, 3.8) is 0 Å². The van der Waals surface area contributed by atoms with Gasteiger partial charge in [-0.1, -0.05) is 54.4 Å². The van der Waals surface area contributed by atoms with E-state index in [9.17, 15) is 13.2 Å². The lowest BCUT2D eigenvalue weighted by Gasteiger charge is -2.31.